The largest absolute Gasteiger partial charge is 0.309 e. The third-order valence-corrected chi connectivity index (χ3v) is 5.78. The van der Waals surface area contributed by atoms with Crippen molar-refractivity contribution in [3.8, 4) is 0 Å². The average Bonchev–Trinajstić information content (AvgIpc) is 2.89. The van der Waals surface area contributed by atoms with E-state index in [0.717, 1.165) is 6.54 Å². The Labute approximate surface area is 127 Å². The van der Waals surface area contributed by atoms with Gasteiger partial charge in [0.2, 0.25) is 0 Å². The molecule has 1 nitrogen and oxygen atoms in total. The summed E-state index contributed by atoms with van der Waals surface area (Å²) in [5.41, 5.74) is 6.54. The Balaban J connectivity index is 1.94. The molecule has 21 heavy (non-hydrogen) atoms. The first-order valence-corrected chi connectivity index (χ1v) is 8.00. The maximum atomic E-state index is 2.46. The van der Waals surface area contributed by atoms with Crippen LogP contribution in [0.5, 0.6) is 0 Å². The van der Waals surface area contributed by atoms with Crippen LogP contribution >= 0.6 is 0 Å². The summed E-state index contributed by atoms with van der Waals surface area (Å²) in [6, 6.07) is 18.3. The fourth-order valence-corrected chi connectivity index (χ4v) is 4.87. The van der Waals surface area contributed by atoms with Gasteiger partial charge in [0.15, 0.2) is 0 Å². The molecule has 0 amide bonds. The lowest BCUT2D eigenvalue weighted by Crippen LogP contribution is -2.33. The zero-order chi connectivity index (χ0) is 14.6. The van der Waals surface area contributed by atoms with Gasteiger partial charge in [0.1, 0.15) is 0 Å². The van der Waals surface area contributed by atoms with E-state index in [1.54, 1.807) is 22.3 Å². The molecule has 0 aliphatic heterocycles. The lowest BCUT2D eigenvalue weighted by Gasteiger charge is -2.35. The third-order valence-electron chi connectivity index (χ3n) is 5.78. The molecule has 0 aromatic heterocycles. The lowest BCUT2D eigenvalue weighted by atomic mass is 9.70. The number of benzene rings is 2. The molecule has 2 aromatic rings. The maximum absolute atomic E-state index is 2.46. The molecule has 2 bridgehead atoms. The van der Waals surface area contributed by atoms with E-state index >= 15 is 0 Å². The van der Waals surface area contributed by atoms with Gasteiger partial charge in [-0.3, -0.25) is 0 Å². The summed E-state index contributed by atoms with van der Waals surface area (Å²) in [5, 5.41) is 0. The smallest absolute Gasteiger partial charge is 0.0255 e. The van der Waals surface area contributed by atoms with Gasteiger partial charge in [-0.15, -0.1) is 0 Å². The predicted molar refractivity (Wildman–Crippen MR) is 87.8 cm³/mol. The van der Waals surface area contributed by atoms with Crippen molar-refractivity contribution in [2.45, 2.75) is 24.7 Å². The second-order valence-corrected chi connectivity index (χ2v) is 6.97. The maximum Gasteiger partial charge on any atom is 0.0255 e. The minimum absolute atomic E-state index is 0.224. The molecule has 0 saturated carbocycles. The zero-order valence-electron chi connectivity index (χ0n) is 13.1. The Hall–Kier alpha value is -1.60. The van der Waals surface area contributed by atoms with Crippen LogP contribution in [0, 0.1) is 5.92 Å². The van der Waals surface area contributed by atoms with Crippen molar-refractivity contribution in [1.82, 2.24) is 4.90 Å². The van der Waals surface area contributed by atoms with Gasteiger partial charge in [0.25, 0.3) is 0 Å². The van der Waals surface area contributed by atoms with Crippen LogP contribution in [0.25, 0.3) is 0 Å². The summed E-state index contributed by atoms with van der Waals surface area (Å²) in [7, 11) is 4.36. The lowest BCUT2D eigenvalue weighted by molar-refractivity contribution is 0.302. The van der Waals surface area contributed by atoms with Crippen LogP contribution in [0.1, 0.15) is 41.5 Å². The van der Waals surface area contributed by atoms with Crippen LogP contribution in [-0.2, 0) is 5.41 Å². The van der Waals surface area contributed by atoms with Gasteiger partial charge < -0.3 is 4.90 Å². The fraction of sp³-hybridized carbons (Fsp3) is 0.400. The molecule has 108 valence electrons. The van der Waals surface area contributed by atoms with Gasteiger partial charge in [0.05, 0.1) is 0 Å². The molecule has 1 atom stereocenters. The summed E-state index contributed by atoms with van der Waals surface area (Å²) in [6.07, 6.45) is 1.21. The van der Waals surface area contributed by atoms with E-state index in [4.69, 9.17) is 0 Å². The molecule has 0 saturated heterocycles. The van der Waals surface area contributed by atoms with Gasteiger partial charge in [-0.2, -0.15) is 0 Å². The van der Waals surface area contributed by atoms with Crippen molar-refractivity contribution in [2.75, 3.05) is 20.6 Å². The van der Waals surface area contributed by atoms with Crippen molar-refractivity contribution < 1.29 is 0 Å². The highest BCUT2D eigenvalue weighted by molar-refractivity contribution is 5.63. The molecule has 4 rings (SSSR count). The minimum atomic E-state index is 0.224. The first kappa shape index (κ1) is 13.1. The van der Waals surface area contributed by atoms with Gasteiger partial charge in [-0.1, -0.05) is 55.5 Å². The summed E-state index contributed by atoms with van der Waals surface area (Å²) in [6.45, 7) is 3.60. The molecule has 0 radical (unpaired) electrons. The van der Waals surface area contributed by atoms with Crippen molar-refractivity contribution in [1.29, 1.82) is 0 Å². The van der Waals surface area contributed by atoms with E-state index in [0.29, 0.717) is 11.8 Å². The molecule has 0 heterocycles. The fourth-order valence-electron chi connectivity index (χ4n) is 4.87. The number of rotatable bonds is 3. The van der Waals surface area contributed by atoms with Crippen molar-refractivity contribution in [3.05, 3.63) is 70.8 Å². The highest BCUT2D eigenvalue weighted by atomic mass is 15.0. The standard InChI is InChI=1S/C20H23N/c1-14-19-15-8-4-6-10-17(15)20(14,12-13-21(2)3)18-11-7-5-9-16(18)19/h4-11,14,19H,12-13H2,1-3H3. The Morgan fingerprint density at radius 2 is 1.43 bits per heavy atom. The van der Waals surface area contributed by atoms with E-state index in [2.05, 4.69) is 74.4 Å². The summed E-state index contributed by atoms with van der Waals surface area (Å²) < 4.78 is 0. The first-order chi connectivity index (χ1) is 10.2. The molecule has 1 unspecified atom stereocenters. The molecule has 0 spiro atoms. The van der Waals surface area contributed by atoms with E-state index < -0.39 is 0 Å². The molecule has 2 aromatic carbocycles. The van der Waals surface area contributed by atoms with E-state index in [1.165, 1.54) is 6.42 Å². The Morgan fingerprint density at radius 3 is 1.95 bits per heavy atom. The molecular weight excluding hydrogens is 254 g/mol. The van der Waals surface area contributed by atoms with E-state index in [1.807, 2.05) is 0 Å². The summed E-state index contributed by atoms with van der Waals surface area (Å²) in [5.74, 6) is 1.27. The number of hydrogen-bond acceptors (Lipinski definition) is 1. The Morgan fingerprint density at radius 1 is 0.905 bits per heavy atom. The predicted octanol–water partition coefficient (Wildman–Crippen LogP) is 4.02. The molecule has 2 aliphatic carbocycles. The highest BCUT2D eigenvalue weighted by Crippen LogP contribution is 2.64. The van der Waals surface area contributed by atoms with Crippen LogP contribution in [0.3, 0.4) is 0 Å². The van der Waals surface area contributed by atoms with Gasteiger partial charge in [-0.05, 0) is 55.2 Å². The Bertz CT molecular complexity index is 638. The SMILES string of the molecule is CC1C2c3ccccc3C1(CCN(C)C)c1ccccc12. The summed E-state index contributed by atoms with van der Waals surface area (Å²) >= 11 is 0. The van der Waals surface area contributed by atoms with Gasteiger partial charge in [0, 0.05) is 11.3 Å². The Kier molecular flexibility index (Phi) is 2.77. The van der Waals surface area contributed by atoms with Crippen molar-refractivity contribution in [2.24, 2.45) is 5.92 Å². The second-order valence-electron chi connectivity index (χ2n) is 6.97. The quantitative estimate of drug-likeness (QED) is 0.819. The topological polar surface area (TPSA) is 3.24 Å². The normalized spacial score (nSPS) is 28.8. The minimum Gasteiger partial charge on any atom is -0.309 e. The van der Waals surface area contributed by atoms with E-state index in [-0.39, 0.29) is 5.41 Å². The molecule has 0 N–H and O–H groups in total. The monoisotopic (exact) mass is 277 g/mol. The molecule has 1 heteroatoms. The molecule has 2 aliphatic rings. The van der Waals surface area contributed by atoms with Crippen LogP contribution in [0.2, 0.25) is 0 Å². The highest BCUT2D eigenvalue weighted by Gasteiger charge is 2.57. The van der Waals surface area contributed by atoms with Crippen LogP contribution in [0.15, 0.2) is 48.5 Å². The van der Waals surface area contributed by atoms with Gasteiger partial charge >= 0.3 is 0 Å². The summed E-state index contributed by atoms with van der Waals surface area (Å²) in [4.78, 5) is 2.32. The van der Waals surface area contributed by atoms with Crippen molar-refractivity contribution in [3.63, 3.8) is 0 Å². The van der Waals surface area contributed by atoms with Crippen LogP contribution < -0.4 is 0 Å². The van der Waals surface area contributed by atoms with Crippen LogP contribution in [0.4, 0.5) is 0 Å². The molecular formula is C20H23N. The number of hydrogen-bond donors (Lipinski definition) is 0. The number of fused-ring (bicyclic) bond motifs is 8. The second kappa shape index (κ2) is 4.45. The van der Waals surface area contributed by atoms with Crippen molar-refractivity contribution >= 4 is 0 Å². The average molecular weight is 277 g/mol. The number of nitrogens with zero attached hydrogens (tertiary/aromatic N) is 1. The van der Waals surface area contributed by atoms with Crippen LogP contribution in [-0.4, -0.2) is 25.5 Å². The van der Waals surface area contributed by atoms with Gasteiger partial charge in [-0.25, -0.2) is 0 Å². The third kappa shape index (κ3) is 1.56. The molecule has 0 fully saturated rings. The zero-order valence-corrected chi connectivity index (χ0v) is 13.1. The van der Waals surface area contributed by atoms with E-state index in [9.17, 15) is 0 Å². The first-order valence-electron chi connectivity index (χ1n) is 8.00.